The maximum atomic E-state index is 11.9. The molecular weight excluding hydrogens is 304 g/mol. The van der Waals surface area contributed by atoms with Crippen LogP contribution in [0.15, 0.2) is 48.8 Å². The number of amides is 1. The van der Waals surface area contributed by atoms with E-state index in [-0.39, 0.29) is 5.91 Å². The summed E-state index contributed by atoms with van der Waals surface area (Å²) in [5.41, 5.74) is 1.70. The lowest BCUT2D eigenvalue weighted by atomic mass is 10.2. The van der Waals surface area contributed by atoms with Crippen molar-refractivity contribution in [3.8, 4) is 0 Å². The highest BCUT2D eigenvalue weighted by molar-refractivity contribution is 6.01. The highest BCUT2D eigenvalue weighted by atomic mass is 16.5. The van der Waals surface area contributed by atoms with Gasteiger partial charge in [-0.2, -0.15) is 5.10 Å². The average molecular weight is 326 g/mol. The van der Waals surface area contributed by atoms with Gasteiger partial charge in [0, 0.05) is 31.9 Å². The van der Waals surface area contributed by atoms with E-state index in [1.807, 2.05) is 41.2 Å². The van der Waals surface area contributed by atoms with Crippen molar-refractivity contribution in [1.82, 2.24) is 14.7 Å². The summed E-state index contributed by atoms with van der Waals surface area (Å²) in [6.07, 6.45) is 6.85. The Morgan fingerprint density at radius 1 is 1.21 bits per heavy atom. The Labute approximate surface area is 141 Å². The summed E-state index contributed by atoms with van der Waals surface area (Å²) in [5, 5.41) is 7.12. The smallest absolute Gasteiger partial charge is 0.248 e. The van der Waals surface area contributed by atoms with Crippen LogP contribution in [0.1, 0.15) is 5.56 Å². The van der Waals surface area contributed by atoms with Crippen LogP contribution in [0.4, 0.5) is 5.69 Å². The van der Waals surface area contributed by atoms with Crippen molar-refractivity contribution in [1.29, 1.82) is 0 Å². The Morgan fingerprint density at radius 2 is 2.00 bits per heavy atom. The number of carbonyl (C=O) groups is 1. The molecule has 2 heterocycles. The number of rotatable bonds is 6. The van der Waals surface area contributed by atoms with Gasteiger partial charge in [-0.1, -0.05) is 30.3 Å². The van der Waals surface area contributed by atoms with Gasteiger partial charge in [0.2, 0.25) is 5.91 Å². The molecule has 1 aliphatic rings. The Hall–Kier alpha value is -2.44. The van der Waals surface area contributed by atoms with E-state index in [2.05, 4.69) is 15.3 Å². The fourth-order valence-corrected chi connectivity index (χ4v) is 2.54. The molecule has 0 atom stereocenters. The van der Waals surface area contributed by atoms with Gasteiger partial charge in [-0.05, 0) is 11.6 Å². The molecule has 1 amide bonds. The van der Waals surface area contributed by atoms with Crippen LogP contribution in [0.25, 0.3) is 6.08 Å². The van der Waals surface area contributed by atoms with E-state index in [9.17, 15) is 4.79 Å². The molecule has 3 rings (SSSR count). The third-order valence-corrected chi connectivity index (χ3v) is 3.88. The van der Waals surface area contributed by atoms with E-state index in [0.29, 0.717) is 5.69 Å². The zero-order valence-electron chi connectivity index (χ0n) is 13.6. The largest absolute Gasteiger partial charge is 0.379 e. The first-order chi connectivity index (χ1) is 11.8. The summed E-state index contributed by atoms with van der Waals surface area (Å²) in [7, 11) is 0. The summed E-state index contributed by atoms with van der Waals surface area (Å²) in [6, 6.07) is 9.73. The van der Waals surface area contributed by atoms with Crippen molar-refractivity contribution in [2.75, 3.05) is 38.2 Å². The molecule has 1 aliphatic heterocycles. The minimum atomic E-state index is -0.161. The summed E-state index contributed by atoms with van der Waals surface area (Å²) < 4.78 is 7.19. The maximum Gasteiger partial charge on any atom is 0.248 e. The molecule has 0 saturated carbocycles. The third kappa shape index (κ3) is 5.04. The summed E-state index contributed by atoms with van der Waals surface area (Å²) in [5.74, 6) is -0.161. The zero-order chi connectivity index (χ0) is 16.6. The second kappa shape index (κ2) is 8.42. The molecule has 1 aromatic heterocycles. The van der Waals surface area contributed by atoms with Crippen LogP contribution in [0.3, 0.4) is 0 Å². The van der Waals surface area contributed by atoms with Gasteiger partial charge in [0.25, 0.3) is 0 Å². The second-order valence-corrected chi connectivity index (χ2v) is 5.68. The molecule has 1 N–H and O–H groups in total. The first-order valence-electron chi connectivity index (χ1n) is 8.16. The molecule has 24 heavy (non-hydrogen) atoms. The Bertz CT molecular complexity index is 675. The SMILES string of the molecule is O=C(C=Cc1ccccc1)Nc1cnn(CCN2CCOCC2)c1. The predicted molar refractivity (Wildman–Crippen MR) is 93.6 cm³/mol. The fourth-order valence-electron chi connectivity index (χ4n) is 2.54. The van der Waals surface area contributed by atoms with Crippen molar-refractivity contribution in [2.45, 2.75) is 6.54 Å². The lowest BCUT2D eigenvalue weighted by molar-refractivity contribution is -0.111. The van der Waals surface area contributed by atoms with Gasteiger partial charge >= 0.3 is 0 Å². The predicted octanol–water partition coefficient (Wildman–Crippen LogP) is 1.87. The number of anilines is 1. The van der Waals surface area contributed by atoms with Gasteiger partial charge in [0.05, 0.1) is 31.6 Å². The van der Waals surface area contributed by atoms with Gasteiger partial charge < -0.3 is 10.1 Å². The minimum Gasteiger partial charge on any atom is -0.379 e. The van der Waals surface area contributed by atoms with Crippen molar-refractivity contribution in [3.05, 3.63) is 54.4 Å². The van der Waals surface area contributed by atoms with Crippen LogP contribution in [-0.4, -0.2) is 53.4 Å². The van der Waals surface area contributed by atoms with Crippen LogP contribution in [0, 0.1) is 0 Å². The minimum absolute atomic E-state index is 0.161. The van der Waals surface area contributed by atoms with Crippen molar-refractivity contribution in [2.24, 2.45) is 0 Å². The number of nitrogens with one attached hydrogen (secondary N) is 1. The summed E-state index contributed by atoms with van der Waals surface area (Å²) >= 11 is 0. The van der Waals surface area contributed by atoms with E-state index in [1.165, 1.54) is 6.08 Å². The average Bonchev–Trinajstić information content (AvgIpc) is 3.07. The third-order valence-electron chi connectivity index (χ3n) is 3.88. The molecule has 0 spiro atoms. The van der Waals surface area contributed by atoms with Crippen molar-refractivity contribution < 1.29 is 9.53 Å². The quantitative estimate of drug-likeness (QED) is 0.823. The molecule has 0 unspecified atom stereocenters. The van der Waals surface area contributed by atoms with Crippen LogP contribution >= 0.6 is 0 Å². The Kier molecular flexibility index (Phi) is 5.76. The van der Waals surface area contributed by atoms with Crippen LogP contribution in [0.5, 0.6) is 0 Å². The van der Waals surface area contributed by atoms with E-state index in [4.69, 9.17) is 4.74 Å². The highest BCUT2D eigenvalue weighted by Gasteiger charge is 2.10. The standard InChI is InChI=1S/C18H22N4O2/c23-18(7-6-16-4-2-1-3-5-16)20-17-14-19-22(15-17)9-8-21-10-12-24-13-11-21/h1-7,14-15H,8-13H2,(H,20,23). The Morgan fingerprint density at radius 3 is 2.79 bits per heavy atom. The number of benzene rings is 1. The lowest BCUT2D eigenvalue weighted by Crippen LogP contribution is -2.38. The normalized spacial score (nSPS) is 15.7. The first-order valence-corrected chi connectivity index (χ1v) is 8.16. The molecular formula is C18H22N4O2. The van der Waals surface area contributed by atoms with Crippen LogP contribution in [-0.2, 0) is 16.1 Å². The maximum absolute atomic E-state index is 11.9. The molecule has 2 aromatic rings. The molecule has 1 aromatic carbocycles. The molecule has 0 aliphatic carbocycles. The number of hydrogen-bond donors (Lipinski definition) is 1. The molecule has 0 bridgehead atoms. The number of aromatic nitrogens is 2. The van der Waals surface area contributed by atoms with Crippen molar-refractivity contribution in [3.63, 3.8) is 0 Å². The zero-order valence-corrected chi connectivity index (χ0v) is 13.6. The number of morpholine rings is 1. The number of ether oxygens (including phenoxy) is 1. The molecule has 1 fully saturated rings. The Balaban J connectivity index is 1.46. The number of nitrogens with zero attached hydrogens (tertiary/aromatic N) is 3. The van der Waals surface area contributed by atoms with E-state index in [1.54, 1.807) is 12.3 Å². The number of carbonyl (C=O) groups excluding carboxylic acids is 1. The first kappa shape index (κ1) is 16.4. The molecule has 1 saturated heterocycles. The molecule has 6 heteroatoms. The van der Waals surface area contributed by atoms with Gasteiger partial charge in [-0.25, -0.2) is 0 Å². The monoisotopic (exact) mass is 326 g/mol. The van der Waals surface area contributed by atoms with E-state index in [0.717, 1.165) is 45.0 Å². The number of hydrogen-bond acceptors (Lipinski definition) is 4. The van der Waals surface area contributed by atoms with Gasteiger partial charge in [0.1, 0.15) is 0 Å². The topological polar surface area (TPSA) is 59.4 Å². The van der Waals surface area contributed by atoms with E-state index < -0.39 is 0 Å². The van der Waals surface area contributed by atoms with Crippen molar-refractivity contribution >= 4 is 17.7 Å². The second-order valence-electron chi connectivity index (χ2n) is 5.68. The molecule has 126 valence electrons. The fraction of sp³-hybridized carbons (Fsp3) is 0.333. The van der Waals surface area contributed by atoms with E-state index >= 15 is 0 Å². The van der Waals surface area contributed by atoms with Crippen LogP contribution < -0.4 is 5.32 Å². The molecule has 0 radical (unpaired) electrons. The van der Waals surface area contributed by atoms with Gasteiger partial charge in [-0.3, -0.25) is 14.4 Å². The highest BCUT2D eigenvalue weighted by Crippen LogP contribution is 2.07. The lowest BCUT2D eigenvalue weighted by Gasteiger charge is -2.26. The summed E-state index contributed by atoms with van der Waals surface area (Å²) in [4.78, 5) is 14.3. The van der Waals surface area contributed by atoms with Crippen LogP contribution in [0.2, 0.25) is 0 Å². The van der Waals surface area contributed by atoms with Gasteiger partial charge in [0.15, 0.2) is 0 Å². The molecule has 6 nitrogen and oxygen atoms in total. The van der Waals surface area contributed by atoms with Gasteiger partial charge in [-0.15, -0.1) is 0 Å². The summed E-state index contributed by atoms with van der Waals surface area (Å²) in [6.45, 7) is 5.27.